The highest BCUT2D eigenvalue weighted by Gasteiger charge is 2.24. The summed E-state index contributed by atoms with van der Waals surface area (Å²) in [6.45, 7) is 7.77. The van der Waals surface area contributed by atoms with Crippen molar-refractivity contribution < 1.29 is 18.3 Å². The van der Waals surface area contributed by atoms with Crippen LogP contribution in [-0.2, 0) is 4.79 Å². The predicted octanol–water partition coefficient (Wildman–Crippen LogP) is 2.72. The van der Waals surface area contributed by atoms with E-state index in [2.05, 4.69) is 24.1 Å². The van der Waals surface area contributed by atoms with Crippen LogP contribution in [0, 0.1) is 11.6 Å². The van der Waals surface area contributed by atoms with E-state index < -0.39 is 17.7 Å². The molecular weight excluding hydrogens is 302 g/mol. The Balaban J connectivity index is 1.83. The first-order chi connectivity index (χ1) is 10.9. The zero-order valence-electron chi connectivity index (χ0n) is 13.8. The van der Waals surface area contributed by atoms with E-state index in [0.717, 1.165) is 38.1 Å². The van der Waals surface area contributed by atoms with Crippen LogP contribution in [0.25, 0.3) is 0 Å². The number of halogens is 2. The molecule has 0 bridgehead atoms. The van der Waals surface area contributed by atoms with Crippen LogP contribution in [-0.4, -0.2) is 42.1 Å². The molecule has 1 heterocycles. The maximum atomic E-state index is 13.5. The predicted molar refractivity (Wildman–Crippen MR) is 84.3 cm³/mol. The summed E-state index contributed by atoms with van der Waals surface area (Å²) in [5.41, 5.74) is 0. The second-order valence-corrected chi connectivity index (χ2v) is 6.25. The van der Waals surface area contributed by atoms with Gasteiger partial charge in [-0.15, -0.1) is 0 Å². The minimum atomic E-state index is -0.835. The zero-order valence-corrected chi connectivity index (χ0v) is 13.8. The Kier molecular flexibility index (Phi) is 5.93. The minimum absolute atomic E-state index is 0.113. The molecule has 4 nitrogen and oxygen atoms in total. The number of hydrogen-bond acceptors (Lipinski definition) is 3. The molecule has 1 N–H and O–H groups in total. The molecule has 1 amide bonds. The number of ether oxygens (including phenoxy) is 1. The van der Waals surface area contributed by atoms with E-state index in [1.165, 1.54) is 6.07 Å². The van der Waals surface area contributed by atoms with Gasteiger partial charge in [-0.1, -0.05) is 0 Å². The number of nitrogens with zero attached hydrogens (tertiary/aromatic N) is 1. The second kappa shape index (κ2) is 7.73. The third-order valence-corrected chi connectivity index (χ3v) is 4.17. The summed E-state index contributed by atoms with van der Waals surface area (Å²) in [5.74, 6) is -1.89. The highest BCUT2D eigenvalue weighted by atomic mass is 19.1. The molecule has 0 aliphatic carbocycles. The molecule has 1 unspecified atom stereocenters. The van der Waals surface area contributed by atoms with Crippen molar-refractivity contribution in [3.05, 3.63) is 29.8 Å². The van der Waals surface area contributed by atoms with Crippen molar-refractivity contribution in [2.45, 2.75) is 51.8 Å². The summed E-state index contributed by atoms with van der Waals surface area (Å²) in [6, 6.07) is 3.65. The summed E-state index contributed by atoms with van der Waals surface area (Å²) in [5, 5.41) is 2.94. The Morgan fingerprint density at radius 3 is 2.48 bits per heavy atom. The van der Waals surface area contributed by atoms with Crippen LogP contribution in [0.2, 0.25) is 0 Å². The van der Waals surface area contributed by atoms with Gasteiger partial charge in [0, 0.05) is 31.2 Å². The highest BCUT2D eigenvalue weighted by Crippen LogP contribution is 2.19. The van der Waals surface area contributed by atoms with Gasteiger partial charge in [-0.3, -0.25) is 4.79 Å². The topological polar surface area (TPSA) is 41.6 Å². The molecule has 128 valence electrons. The third kappa shape index (κ3) is 4.89. The van der Waals surface area contributed by atoms with Gasteiger partial charge in [-0.05, 0) is 45.7 Å². The lowest BCUT2D eigenvalue weighted by Gasteiger charge is -2.35. The van der Waals surface area contributed by atoms with Gasteiger partial charge >= 0.3 is 0 Å². The lowest BCUT2D eigenvalue weighted by atomic mass is 10.0. The van der Waals surface area contributed by atoms with Crippen LogP contribution >= 0.6 is 0 Å². The maximum absolute atomic E-state index is 13.5. The average Bonchev–Trinajstić information content (AvgIpc) is 2.50. The van der Waals surface area contributed by atoms with Crippen LogP contribution in [0.3, 0.4) is 0 Å². The summed E-state index contributed by atoms with van der Waals surface area (Å²) in [6.07, 6.45) is 0.946. The van der Waals surface area contributed by atoms with E-state index >= 15 is 0 Å². The number of carbonyl (C=O) groups is 1. The smallest absolute Gasteiger partial charge is 0.260 e. The van der Waals surface area contributed by atoms with Gasteiger partial charge in [-0.2, -0.15) is 0 Å². The Bertz CT molecular complexity index is 543. The highest BCUT2D eigenvalue weighted by molar-refractivity contribution is 5.81. The Labute approximate surface area is 135 Å². The van der Waals surface area contributed by atoms with Crippen molar-refractivity contribution in [3.8, 4) is 5.75 Å². The zero-order chi connectivity index (χ0) is 17.0. The van der Waals surface area contributed by atoms with Crippen molar-refractivity contribution in [3.63, 3.8) is 0 Å². The number of nitrogens with one attached hydrogen (secondary N) is 1. The largest absolute Gasteiger partial charge is 0.478 e. The lowest BCUT2D eigenvalue weighted by Crippen LogP contribution is -2.49. The molecule has 23 heavy (non-hydrogen) atoms. The van der Waals surface area contributed by atoms with Crippen molar-refractivity contribution in [1.82, 2.24) is 10.2 Å². The summed E-state index contributed by atoms with van der Waals surface area (Å²) >= 11 is 0. The molecule has 6 heteroatoms. The monoisotopic (exact) mass is 326 g/mol. The van der Waals surface area contributed by atoms with Gasteiger partial charge in [0.05, 0.1) is 0 Å². The van der Waals surface area contributed by atoms with Gasteiger partial charge in [-0.25, -0.2) is 8.78 Å². The van der Waals surface area contributed by atoms with Crippen molar-refractivity contribution >= 4 is 5.91 Å². The summed E-state index contributed by atoms with van der Waals surface area (Å²) < 4.78 is 31.7. The molecule has 0 radical (unpaired) electrons. The number of piperidine rings is 1. The van der Waals surface area contributed by atoms with Crippen molar-refractivity contribution in [2.75, 3.05) is 13.1 Å². The van der Waals surface area contributed by atoms with E-state index in [4.69, 9.17) is 4.74 Å². The fraction of sp³-hybridized carbons (Fsp3) is 0.588. The third-order valence-electron chi connectivity index (χ3n) is 4.17. The first kappa shape index (κ1) is 17.7. The molecule has 1 atom stereocenters. The maximum Gasteiger partial charge on any atom is 0.260 e. The molecule has 2 rings (SSSR count). The van der Waals surface area contributed by atoms with E-state index in [1.807, 2.05) is 0 Å². The van der Waals surface area contributed by atoms with Crippen molar-refractivity contribution in [2.24, 2.45) is 0 Å². The Hall–Kier alpha value is -1.69. The van der Waals surface area contributed by atoms with E-state index in [-0.39, 0.29) is 17.7 Å². The van der Waals surface area contributed by atoms with Crippen LogP contribution in [0.15, 0.2) is 18.2 Å². The molecule has 0 spiro atoms. The summed E-state index contributed by atoms with van der Waals surface area (Å²) in [7, 11) is 0. The average molecular weight is 326 g/mol. The van der Waals surface area contributed by atoms with Gasteiger partial charge in [0.25, 0.3) is 5.91 Å². The SMILES string of the molecule is CC(Oc1ccc(F)cc1F)C(=O)NC1CCN(C(C)C)CC1. The van der Waals surface area contributed by atoms with E-state index in [0.29, 0.717) is 6.04 Å². The van der Waals surface area contributed by atoms with E-state index in [9.17, 15) is 13.6 Å². The lowest BCUT2D eigenvalue weighted by molar-refractivity contribution is -0.128. The molecule has 0 saturated carbocycles. The molecule has 1 saturated heterocycles. The molecule has 1 aliphatic rings. The van der Waals surface area contributed by atoms with Gasteiger partial charge < -0.3 is 15.0 Å². The van der Waals surface area contributed by atoms with E-state index in [1.54, 1.807) is 6.92 Å². The number of rotatable bonds is 5. The standard InChI is InChI=1S/C17H24F2N2O2/c1-11(2)21-8-6-14(7-9-21)20-17(22)12(3)23-16-5-4-13(18)10-15(16)19/h4-5,10-12,14H,6-9H2,1-3H3,(H,20,22). The summed E-state index contributed by atoms with van der Waals surface area (Å²) in [4.78, 5) is 14.5. The first-order valence-corrected chi connectivity index (χ1v) is 8.03. The molecule has 0 aromatic heterocycles. The Morgan fingerprint density at radius 1 is 1.26 bits per heavy atom. The van der Waals surface area contributed by atoms with Crippen molar-refractivity contribution in [1.29, 1.82) is 0 Å². The fourth-order valence-corrected chi connectivity index (χ4v) is 2.69. The first-order valence-electron chi connectivity index (χ1n) is 8.03. The number of hydrogen-bond donors (Lipinski definition) is 1. The molecule has 1 fully saturated rings. The molecule has 1 aliphatic heterocycles. The minimum Gasteiger partial charge on any atom is -0.478 e. The van der Waals surface area contributed by atoms with Gasteiger partial charge in [0.1, 0.15) is 5.82 Å². The number of carbonyl (C=O) groups excluding carboxylic acids is 1. The molecule has 1 aromatic carbocycles. The van der Waals surface area contributed by atoms with Crippen LogP contribution in [0.4, 0.5) is 8.78 Å². The number of amides is 1. The quantitative estimate of drug-likeness (QED) is 0.904. The molecule has 1 aromatic rings. The van der Waals surface area contributed by atoms with Gasteiger partial charge in [0.2, 0.25) is 0 Å². The second-order valence-electron chi connectivity index (χ2n) is 6.25. The molecular formula is C17H24F2N2O2. The van der Waals surface area contributed by atoms with Crippen LogP contribution in [0.5, 0.6) is 5.75 Å². The van der Waals surface area contributed by atoms with Crippen LogP contribution < -0.4 is 10.1 Å². The number of likely N-dealkylation sites (tertiary alicyclic amines) is 1. The number of benzene rings is 1. The van der Waals surface area contributed by atoms with Gasteiger partial charge in [0.15, 0.2) is 17.7 Å². The van der Waals surface area contributed by atoms with Crippen LogP contribution in [0.1, 0.15) is 33.6 Å². The normalized spacial score (nSPS) is 18.0. The fourth-order valence-electron chi connectivity index (χ4n) is 2.69. The Morgan fingerprint density at radius 2 is 1.91 bits per heavy atom.